The molecule has 4 N–H and O–H groups in total. The van der Waals surface area contributed by atoms with Gasteiger partial charge < -0.3 is 16.2 Å². The van der Waals surface area contributed by atoms with Crippen LogP contribution in [0.15, 0.2) is 23.1 Å². The van der Waals surface area contributed by atoms with Gasteiger partial charge in [-0.05, 0) is 25.1 Å². The van der Waals surface area contributed by atoms with Crippen LogP contribution in [0, 0.1) is 6.92 Å². The number of rotatable bonds is 4. The van der Waals surface area contributed by atoms with Crippen molar-refractivity contribution in [3.8, 4) is 26.8 Å². The number of benzene rings is 1. The molecule has 140 valence electrons. The average molecular weight is 477 g/mol. The molecule has 2 heterocycles. The van der Waals surface area contributed by atoms with Crippen LogP contribution in [0.4, 0.5) is 10.3 Å². The van der Waals surface area contributed by atoms with Crippen molar-refractivity contribution in [3.05, 3.63) is 23.9 Å². The number of hydrogen-bond donors (Lipinski definition) is 2. The number of halogens is 1. The summed E-state index contributed by atoms with van der Waals surface area (Å²) >= 11 is 2.57. The second-order valence-electron chi connectivity index (χ2n) is 5.33. The van der Waals surface area contributed by atoms with Gasteiger partial charge in [-0.1, -0.05) is 22.7 Å². The van der Waals surface area contributed by atoms with Crippen molar-refractivity contribution < 1.29 is 13.2 Å². The Bertz CT molecular complexity index is 1060. The standard InChI is InChI=1S/C15H16N4O3S3.BrH/c1-7-12(23-14(16)18-7)11-13(24-15(17)19-11)9-6-8(25(3,20)21)4-5-10(9)22-2;/h4-6H,1-3H3,(H2,16,18)(H2,17,19);1H. The Morgan fingerprint density at radius 2 is 1.69 bits per heavy atom. The van der Waals surface area contributed by atoms with Gasteiger partial charge in [0.2, 0.25) is 0 Å². The topological polar surface area (TPSA) is 121 Å². The van der Waals surface area contributed by atoms with Crippen LogP contribution in [-0.2, 0) is 9.84 Å². The van der Waals surface area contributed by atoms with Crippen LogP contribution in [-0.4, -0.2) is 31.8 Å². The fourth-order valence-corrected chi connectivity index (χ4v) is 4.81. The molecule has 0 radical (unpaired) electrons. The molecule has 11 heteroatoms. The van der Waals surface area contributed by atoms with Crippen LogP contribution >= 0.6 is 39.7 Å². The third-order valence-corrected chi connectivity index (χ3v) is 6.54. The Kier molecular flexibility index (Phi) is 5.95. The zero-order chi connectivity index (χ0) is 18.4. The molecule has 0 aliphatic rings. The highest BCUT2D eigenvalue weighted by Gasteiger charge is 2.22. The zero-order valence-electron chi connectivity index (χ0n) is 14.1. The molecule has 0 amide bonds. The summed E-state index contributed by atoms with van der Waals surface area (Å²) in [6.45, 7) is 1.84. The van der Waals surface area contributed by atoms with Crippen LogP contribution in [0.3, 0.4) is 0 Å². The molecule has 0 spiro atoms. The number of methoxy groups -OCH3 is 1. The Morgan fingerprint density at radius 1 is 1.08 bits per heavy atom. The number of nitrogen functional groups attached to an aromatic ring is 2. The van der Waals surface area contributed by atoms with E-state index in [0.717, 1.165) is 16.8 Å². The van der Waals surface area contributed by atoms with E-state index in [-0.39, 0.29) is 21.9 Å². The zero-order valence-corrected chi connectivity index (χ0v) is 18.3. The number of nitrogens with zero attached hydrogens (tertiary/aromatic N) is 2. The van der Waals surface area contributed by atoms with Crippen molar-refractivity contribution in [3.63, 3.8) is 0 Å². The van der Waals surface area contributed by atoms with Crippen molar-refractivity contribution in [1.29, 1.82) is 0 Å². The molecular weight excluding hydrogens is 460 g/mol. The Morgan fingerprint density at radius 3 is 2.23 bits per heavy atom. The molecule has 0 aliphatic carbocycles. The van der Waals surface area contributed by atoms with Crippen LogP contribution in [0.5, 0.6) is 5.75 Å². The SMILES string of the molecule is Br.COc1ccc(S(C)(=O)=O)cc1-c1sc(N)nc1-c1sc(N)nc1C. The second-order valence-corrected chi connectivity index (χ2v) is 9.41. The van der Waals surface area contributed by atoms with Gasteiger partial charge in [-0.3, -0.25) is 0 Å². The first-order valence-corrected chi connectivity index (χ1v) is 10.6. The van der Waals surface area contributed by atoms with Gasteiger partial charge in [0.05, 0.1) is 27.5 Å². The number of nitrogens with two attached hydrogens (primary N) is 2. The maximum atomic E-state index is 11.9. The summed E-state index contributed by atoms with van der Waals surface area (Å²) in [5, 5.41) is 0.796. The Hall–Kier alpha value is -1.69. The van der Waals surface area contributed by atoms with E-state index in [9.17, 15) is 8.42 Å². The van der Waals surface area contributed by atoms with Crippen LogP contribution in [0.25, 0.3) is 21.0 Å². The van der Waals surface area contributed by atoms with Crippen molar-refractivity contribution in [2.75, 3.05) is 24.8 Å². The summed E-state index contributed by atoms with van der Waals surface area (Å²) < 4.78 is 29.3. The molecular formula is C15H17BrN4O3S3. The predicted molar refractivity (Wildman–Crippen MR) is 112 cm³/mol. The molecule has 3 aromatic rings. The van der Waals surface area contributed by atoms with Gasteiger partial charge in [-0.2, -0.15) is 0 Å². The molecule has 0 saturated carbocycles. The lowest BCUT2D eigenvalue weighted by Crippen LogP contribution is -1.98. The number of aromatic nitrogens is 2. The molecule has 0 fully saturated rings. The number of anilines is 2. The third kappa shape index (κ3) is 3.85. The van der Waals surface area contributed by atoms with Gasteiger partial charge in [0.15, 0.2) is 20.1 Å². The minimum Gasteiger partial charge on any atom is -0.496 e. The summed E-state index contributed by atoms with van der Waals surface area (Å²) in [6.07, 6.45) is 1.16. The molecule has 3 rings (SSSR count). The van der Waals surface area contributed by atoms with Crippen molar-refractivity contribution >= 4 is 59.8 Å². The molecule has 0 aliphatic heterocycles. The van der Waals surface area contributed by atoms with Gasteiger partial charge in [0, 0.05) is 11.8 Å². The third-order valence-electron chi connectivity index (χ3n) is 3.52. The lowest BCUT2D eigenvalue weighted by molar-refractivity contribution is 0.416. The van der Waals surface area contributed by atoms with Crippen LogP contribution in [0.1, 0.15) is 5.69 Å². The lowest BCUT2D eigenvalue weighted by atomic mass is 10.1. The maximum Gasteiger partial charge on any atom is 0.181 e. The summed E-state index contributed by atoms with van der Waals surface area (Å²) in [7, 11) is -1.84. The number of sulfone groups is 1. The maximum absolute atomic E-state index is 11.9. The number of ether oxygens (including phenoxy) is 1. The predicted octanol–water partition coefficient (Wildman–Crippen LogP) is 3.40. The van der Waals surface area contributed by atoms with E-state index in [0.29, 0.717) is 32.1 Å². The van der Waals surface area contributed by atoms with Gasteiger partial charge in [0.1, 0.15) is 11.4 Å². The van der Waals surface area contributed by atoms with E-state index in [1.165, 1.54) is 35.8 Å². The smallest absolute Gasteiger partial charge is 0.181 e. The first-order chi connectivity index (χ1) is 11.7. The highest BCUT2D eigenvalue weighted by molar-refractivity contribution is 8.93. The molecule has 26 heavy (non-hydrogen) atoms. The summed E-state index contributed by atoms with van der Waals surface area (Å²) in [6, 6.07) is 4.71. The highest BCUT2D eigenvalue weighted by atomic mass is 79.9. The normalized spacial score (nSPS) is 11.2. The summed E-state index contributed by atoms with van der Waals surface area (Å²) in [4.78, 5) is 10.3. The van der Waals surface area contributed by atoms with E-state index in [2.05, 4.69) is 9.97 Å². The van der Waals surface area contributed by atoms with Crippen molar-refractivity contribution in [2.45, 2.75) is 11.8 Å². The minimum atomic E-state index is -3.37. The molecule has 0 saturated heterocycles. The van der Waals surface area contributed by atoms with Crippen molar-refractivity contribution in [1.82, 2.24) is 9.97 Å². The van der Waals surface area contributed by atoms with Gasteiger partial charge in [0.25, 0.3) is 0 Å². The highest BCUT2D eigenvalue weighted by Crippen LogP contribution is 2.45. The van der Waals surface area contributed by atoms with Gasteiger partial charge in [-0.15, -0.1) is 17.0 Å². The van der Waals surface area contributed by atoms with Gasteiger partial charge >= 0.3 is 0 Å². The van der Waals surface area contributed by atoms with E-state index in [1.54, 1.807) is 12.1 Å². The average Bonchev–Trinajstić information content (AvgIpc) is 3.07. The number of hydrogen-bond acceptors (Lipinski definition) is 9. The quantitative estimate of drug-likeness (QED) is 0.591. The largest absolute Gasteiger partial charge is 0.496 e. The van der Waals surface area contributed by atoms with Crippen LogP contribution < -0.4 is 16.2 Å². The Balaban J connectivity index is 0.00000243. The first-order valence-electron chi connectivity index (χ1n) is 7.08. The van der Waals surface area contributed by atoms with E-state index < -0.39 is 9.84 Å². The molecule has 1 aromatic carbocycles. The minimum absolute atomic E-state index is 0. The van der Waals surface area contributed by atoms with E-state index >= 15 is 0 Å². The van der Waals surface area contributed by atoms with Gasteiger partial charge in [-0.25, -0.2) is 18.4 Å². The molecule has 0 atom stereocenters. The fraction of sp³-hybridized carbons (Fsp3) is 0.200. The first kappa shape index (κ1) is 20.6. The molecule has 7 nitrogen and oxygen atoms in total. The number of aryl methyl sites for hydroxylation is 1. The van der Waals surface area contributed by atoms with Crippen molar-refractivity contribution in [2.24, 2.45) is 0 Å². The number of thiazole rings is 2. The Labute approximate surface area is 169 Å². The fourth-order valence-electron chi connectivity index (χ4n) is 2.41. The summed E-state index contributed by atoms with van der Waals surface area (Å²) in [5.74, 6) is 0.535. The molecule has 0 bridgehead atoms. The lowest BCUT2D eigenvalue weighted by Gasteiger charge is -2.10. The molecule has 0 unspecified atom stereocenters. The van der Waals surface area contributed by atoms with Crippen LogP contribution in [0.2, 0.25) is 0 Å². The molecule has 2 aromatic heterocycles. The summed E-state index contributed by atoms with van der Waals surface area (Å²) in [5.41, 5.74) is 13.7. The van der Waals surface area contributed by atoms with E-state index in [4.69, 9.17) is 16.2 Å². The van der Waals surface area contributed by atoms with E-state index in [1.807, 2.05) is 6.92 Å². The second kappa shape index (κ2) is 7.51. The monoisotopic (exact) mass is 476 g/mol.